The number of hydrazone groups is 1. The molecule has 0 heterocycles. The van der Waals surface area contributed by atoms with Crippen LogP contribution in [0.1, 0.15) is 55.1 Å². The summed E-state index contributed by atoms with van der Waals surface area (Å²) < 4.78 is 5.63. The number of hydrogen-bond acceptors (Lipinski definition) is 4. The van der Waals surface area contributed by atoms with E-state index in [9.17, 15) is 9.59 Å². The molecule has 2 amide bonds. The van der Waals surface area contributed by atoms with Crippen molar-refractivity contribution in [2.45, 2.75) is 46.6 Å². The fraction of sp³-hybridized carbons (Fsp3) is 0.375. The van der Waals surface area contributed by atoms with Crippen LogP contribution in [-0.2, 0) is 4.79 Å². The predicted octanol–water partition coefficient (Wildman–Crippen LogP) is 4.08. The van der Waals surface area contributed by atoms with E-state index in [1.807, 2.05) is 57.2 Å². The molecule has 2 N–H and O–H groups in total. The molecular weight excluding hydrogens is 378 g/mol. The number of benzene rings is 2. The van der Waals surface area contributed by atoms with Gasteiger partial charge in [-0.3, -0.25) is 9.59 Å². The van der Waals surface area contributed by atoms with Crippen LogP contribution >= 0.6 is 0 Å². The lowest BCUT2D eigenvalue weighted by Gasteiger charge is -2.20. The summed E-state index contributed by atoms with van der Waals surface area (Å²) in [6.07, 6.45) is 3.67. The van der Waals surface area contributed by atoms with Crippen molar-refractivity contribution in [1.82, 2.24) is 10.7 Å². The van der Waals surface area contributed by atoms with E-state index in [0.717, 1.165) is 29.7 Å². The van der Waals surface area contributed by atoms with Crippen LogP contribution in [-0.4, -0.2) is 30.7 Å². The number of amides is 2. The highest BCUT2D eigenvalue weighted by atomic mass is 16.5. The summed E-state index contributed by atoms with van der Waals surface area (Å²) in [5.41, 5.74) is 4.94. The molecule has 6 nitrogen and oxygen atoms in total. The van der Waals surface area contributed by atoms with Gasteiger partial charge in [0, 0.05) is 5.56 Å². The highest BCUT2D eigenvalue weighted by Crippen LogP contribution is 2.12. The predicted molar refractivity (Wildman–Crippen MR) is 120 cm³/mol. The molecule has 2 rings (SSSR count). The van der Waals surface area contributed by atoms with Crippen molar-refractivity contribution in [1.29, 1.82) is 0 Å². The van der Waals surface area contributed by atoms with E-state index in [2.05, 4.69) is 22.8 Å². The molecule has 1 unspecified atom stereocenters. The largest absolute Gasteiger partial charge is 0.494 e. The van der Waals surface area contributed by atoms with Crippen LogP contribution in [0.15, 0.2) is 53.6 Å². The van der Waals surface area contributed by atoms with Gasteiger partial charge < -0.3 is 10.1 Å². The van der Waals surface area contributed by atoms with E-state index < -0.39 is 6.04 Å². The van der Waals surface area contributed by atoms with E-state index in [1.165, 1.54) is 0 Å². The molecule has 0 aromatic heterocycles. The molecular formula is C24H31N3O3. The van der Waals surface area contributed by atoms with Crippen LogP contribution in [0.2, 0.25) is 0 Å². The third kappa shape index (κ3) is 7.35. The van der Waals surface area contributed by atoms with Crippen molar-refractivity contribution in [2.75, 3.05) is 6.61 Å². The average molecular weight is 410 g/mol. The summed E-state index contributed by atoms with van der Waals surface area (Å²) >= 11 is 0. The number of hydrogen-bond donors (Lipinski definition) is 2. The Labute approximate surface area is 178 Å². The Morgan fingerprint density at radius 3 is 2.33 bits per heavy atom. The van der Waals surface area contributed by atoms with Gasteiger partial charge in [-0.25, -0.2) is 5.43 Å². The second kappa shape index (κ2) is 11.8. The van der Waals surface area contributed by atoms with Crippen LogP contribution in [0.5, 0.6) is 5.75 Å². The van der Waals surface area contributed by atoms with Crippen LogP contribution < -0.4 is 15.5 Å². The molecule has 0 spiro atoms. The number of rotatable bonds is 10. The zero-order valence-corrected chi connectivity index (χ0v) is 18.1. The van der Waals surface area contributed by atoms with Crippen molar-refractivity contribution in [3.8, 4) is 5.75 Å². The van der Waals surface area contributed by atoms with Gasteiger partial charge in [0.1, 0.15) is 11.8 Å². The molecule has 0 radical (unpaired) electrons. The van der Waals surface area contributed by atoms with E-state index in [4.69, 9.17) is 4.74 Å². The Morgan fingerprint density at radius 2 is 1.73 bits per heavy atom. The minimum Gasteiger partial charge on any atom is -0.494 e. The average Bonchev–Trinajstić information content (AvgIpc) is 2.73. The van der Waals surface area contributed by atoms with Crippen LogP contribution in [0.3, 0.4) is 0 Å². The SMILES string of the molecule is CCCCOc1ccc(C=NNC(=O)C(NC(=O)c2ccc(C)cc2)C(C)C)cc1. The minimum atomic E-state index is -0.690. The number of aryl methyl sites for hydroxylation is 1. The maximum atomic E-state index is 12.5. The first-order chi connectivity index (χ1) is 14.4. The number of ether oxygens (including phenoxy) is 1. The zero-order valence-electron chi connectivity index (χ0n) is 18.1. The molecule has 30 heavy (non-hydrogen) atoms. The smallest absolute Gasteiger partial charge is 0.262 e. The lowest BCUT2D eigenvalue weighted by Crippen LogP contribution is -2.48. The molecule has 0 saturated carbocycles. The van der Waals surface area contributed by atoms with Gasteiger partial charge in [0.25, 0.3) is 11.8 Å². The number of carbonyl (C=O) groups is 2. The topological polar surface area (TPSA) is 79.8 Å². The molecule has 0 bridgehead atoms. The third-order valence-corrected chi connectivity index (χ3v) is 4.58. The highest BCUT2D eigenvalue weighted by molar-refractivity contribution is 5.97. The summed E-state index contributed by atoms with van der Waals surface area (Å²) in [5.74, 6) is 0.0743. The zero-order chi connectivity index (χ0) is 21.9. The number of carbonyl (C=O) groups excluding carboxylic acids is 2. The summed E-state index contributed by atoms with van der Waals surface area (Å²) in [6, 6.07) is 14.0. The van der Waals surface area contributed by atoms with Crippen LogP contribution in [0.4, 0.5) is 0 Å². The Bertz CT molecular complexity index is 843. The van der Waals surface area contributed by atoms with Gasteiger partial charge >= 0.3 is 0 Å². The molecule has 6 heteroatoms. The molecule has 2 aromatic rings. The van der Waals surface area contributed by atoms with Gasteiger partial charge in [-0.2, -0.15) is 5.10 Å². The molecule has 160 valence electrons. The molecule has 1 atom stereocenters. The van der Waals surface area contributed by atoms with E-state index in [1.54, 1.807) is 18.3 Å². The van der Waals surface area contributed by atoms with Crippen molar-refractivity contribution in [2.24, 2.45) is 11.0 Å². The second-order valence-electron chi connectivity index (χ2n) is 7.57. The molecule has 0 fully saturated rings. The summed E-state index contributed by atoms with van der Waals surface area (Å²) in [5, 5.41) is 6.82. The van der Waals surface area contributed by atoms with Gasteiger partial charge in [-0.05, 0) is 61.2 Å². The Hall–Kier alpha value is -3.15. The van der Waals surface area contributed by atoms with Crippen molar-refractivity contribution in [3.05, 3.63) is 65.2 Å². The summed E-state index contributed by atoms with van der Waals surface area (Å²) in [6.45, 7) is 8.53. The molecule has 0 saturated heterocycles. The van der Waals surface area contributed by atoms with Crippen molar-refractivity contribution in [3.63, 3.8) is 0 Å². The van der Waals surface area contributed by atoms with Gasteiger partial charge in [0.2, 0.25) is 0 Å². The lowest BCUT2D eigenvalue weighted by molar-refractivity contribution is -0.123. The molecule has 2 aromatic carbocycles. The van der Waals surface area contributed by atoms with Crippen molar-refractivity contribution >= 4 is 18.0 Å². The summed E-state index contributed by atoms with van der Waals surface area (Å²) in [4.78, 5) is 25.0. The first-order valence-corrected chi connectivity index (χ1v) is 10.3. The maximum absolute atomic E-state index is 12.5. The molecule has 0 aliphatic rings. The lowest BCUT2D eigenvalue weighted by atomic mass is 10.0. The van der Waals surface area contributed by atoms with Crippen LogP contribution in [0, 0.1) is 12.8 Å². The molecule has 0 aliphatic heterocycles. The van der Waals surface area contributed by atoms with Gasteiger partial charge in [0.05, 0.1) is 12.8 Å². The molecule has 0 aliphatic carbocycles. The first kappa shape index (κ1) is 23.1. The van der Waals surface area contributed by atoms with E-state index >= 15 is 0 Å². The quantitative estimate of drug-likeness (QED) is 0.353. The first-order valence-electron chi connectivity index (χ1n) is 10.3. The Kier molecular flexibility index (Phi) is 9.06. The Morgan fingerprint density at radius 1 is 1.07 bits per heavy atom. The second-order valence-corrected chi connectivity index (χ2v) is 7.57. The van der Waals surface area contributed by atoms with Gasteiger partial charge in [-0.1, -0.05) is 44.9 Å². The van der Waals surface area contributed by atoms with Gasteiger partial charge in [-0.15, -0.1) is 0 Å². The van der Waals surface area contributed by atoms with Crippen molar-refractivity contribution < 1.29 is 14.3 Å². The monoisotopic (exact) mass is 409 g/mol. The minimum absolute atomic E-state index is 0.0887. The number of nitrogens with zero attached hydrogens (tertiary/aromatic N) is 1. The van der Waals surface area contributed by atoms with E-state index in [-0.39, 0.29) is 17.7 Å². The third-order valence-electron chi connectivity index (χ3n) is 4.58. The fourth-order valence-electron chi connectivity index (χ4n) is 2.69. The number of nitrogens with one attached hydrogen (secondary N) is 2. The highest BCUT2D eigenvalue weighted by Gasteiger charge is 2.24. The normalized spacial score (nSPS) is 12.0. The fourth-order valence-corrected chi connectivity index (χ4v) is 2.69. The summed E-state index contributed by atoms with van der Waals surface area (Å²) in [7, 11) is 0. The van der Waals surface area contributed by atoms with Gasteiger partial charge in [0.15, 0.2) is 0 Å². The van der Waals surface area contributed by atoms with Crippen LogP contribution in [0.25, 0.3) is 0 Å². The Balaban J connectivity index is 1.91. The number of unbranched alkanes of at least 4 members (excludes halogenated alkanes) is 1. The van der Waals surface area contributed by atoms with E-state index in [0.29, 0.717) is 12.2 Å². The standard InChI is InChI=1S/C24H31N3O3/c1-5-6-15-30-21-13-9-19(10-14-21)16-25-27-24(29)22(17(2)3)26-23(28)20-11-7-18(4)8-12-20/h7-14,16-17,22H,5-6,15H2,1-4H3,(H,26,28)(H,27,29). The maximum Gasteiger partial charge on any atom is 0.262 e.